The van der Waals surface area contributed by atoms with Crippen molar-refractivity contribution >= 4 is 5.78 Å². The highest BCUT2D eigenvalue weighted by molar-refractivity contribution is 5.75. The summed E-state index contributed by atoms with van der Waals surface area (Å²) in [4.78, 5) is 13.3. The van der Waals surface area contributed by atoms with Gasteiger partial charge in [0.25, 0.3) is 0 Å². The van der Waals surface area contributed by atoms with Gasteiger partial charge in [-0.3, -0.25) is 0 Å². The van der Waals surface area contributed by atoms with Crippen molar-refractivity contribution in [2.75, 3.05) is 33.4 Å². The minimum atomic E-state index is 0.306. The lowest BCUT2D eigenvalue weighted by Gasteiger charge is -2.32. The summed E-state index contributed by atoms with van der Waals surface area (Å²) >= 11 is 0. The van der Waals surface area contributed by atoms with E-state index in [4.69, 9.17) is 4.74 Å². The van der Waals surface area contributed by atoms with Gasteiger partial charge in [0.15, 0.2) is 0 Å². The van der Waals surface area contributed by atoms with Gasteiger partial charge in [0, 0.05) is 20.1 Å². The molecule has 0 spiro atoms. The zero-order valence-electron chi connectivity index (χ0n) is 10.00. The lowest BCUT2D eigenvalue weighted by molar-refractivity contribution is -0.117. The number of hydrogen-bond donors (Lipinski definition) is 0. The van der Waals surface area contributed by atoms with E-state index in [1.165, 1.54) is 19.4 Å². The van der Waals surface area contributed by atoms with Gasteiger partial charge in [0.05, 0.1) is 6.61 Å². The second-order valence-corrected chi connectivity index (χ2v) is 4.57. The maximum Gasteiger partial charge on any atom is 0.129 e. The number of carbonyl (C=O) groups excluding carboxylic acids is 1. The third-order valence-electron chi connectivity index (χ3n) is 3.01. The predicted molar refractivity (Wildman–Crippen MR) is 61.0 cm³/mol. The molecule has 0 aliphatic carbocycles. The van der Waals surface area contributed by atoms with Gasteiger partial charge >= 0.3 is 0 Å². The molecule has 1 heterocycles. The molecule has 0 radical (unpaired) electrons. The van der Waals surface area contributed by atoms with Crippen molar-refractivity contribution in [3.63, 3.8) is 0 Å². The van der Waals surface area contributed by atoms with Gasteiger partial charge in [-0.15, -0.1) is 0 Å². The van der Waals surface area contributed by atoms with Crippen LogP contribution in [0.2, 0.25) is 0 Å². The molecule has 1 aliphatic rings. The van der Waals surface area contributed by atoms with Gasteiger partial charge in [-0.2, -0.15) is 0 Å². The topological polar surface area (TPSA) is 29.5 Å². The van der Waals surface area contributed by atoms with E-state index in [2.05, 4.69) is 4.90 Å². The fourth-order valence-electron chi connectivity index (χ4n) is 2.28. The quantitative estimate of drug-likeness (QED) is 0.673. The molecule has 1 unspecified atom stereocenters. The SMILES string of the molecule is COCC1CCCN(CCCC(C)=O)C1. The molecule has 1 saturated heterocycles. The van der Waals surface area contributed by atoms with Gasteiger partial charge in [0.1, 0.15) is 5.78 Å². The van der Waals surface area contributed by atoms with E-state index < -0.39 is 0 Å². The van der Waals surface area contributed by atoms with Crippen LogP contribution in [0, 0.1) is 5.92 Å². The average molecular weight is 213 g/mol. The first-order valence-electron chi connectivity index (χ1n) is 5.93. The molecule has 0 amide bonds. The molecule has 0 aromatic carbocycles. The van der Waals surface area contributed by atoms with Crippen molar-refractivity contribution in [1.29, 1.82) is 0 Å². The Kier molecular flexibility index (Phi) is 5.88. The fourth-order valence-corrected chi connectivity index (χ4v) is 2.28. The highest BCUT2D eigenvalue weighted by atomic mass is 16.5. The standard InChI is InChI=1S/C12H23NO2/c1-11(14)5-3-7-13-8-4-6-12(9-13)10-15-2/h12H,3-10H2,1-2H3. The smallest absolute Gasteiger partial charge is 0.129 e. The summed E-state index contributed by atoms with van der Waals surface area (Å²) in [6.07, 6.45) is 4.30. The molecular weight excluding hydrogens is 190 g/mol. The van der Waals surface area contributed by atoms with Crippen LogP contribution in [0.25, 0.3) is 0 Å². The molecule has 0 aromatic heterocycles. The average Bonchev–Trinajstić information content (AvgIpc) is 2.18. The van der Waals surface area contributed by atoms with Crippen LogP contribution in [0.3, 0.4) is 0 Å². The summed E-state index contributed by atoms with van der Waals surface area (Å²) in [5.74, 6) is 1.00. The van der Waals surface area contributed by atoms with E-state index in [-0.39, 0.29) is 0 Å². The monoisotopic (exact) mass is 213 g/mol. The maximum atomic E-state index is 10.8. The Bertz CT molecular complexity index is 192. The van der Waals surface area contributed by atoms with Gasteiger partial charge in [-0.25, -0.2) is 0 Å². The minimum absolute atomic E-state index is 0.306. The van der Waals surface area contributed by atoms with Crippen molar-refractivity contribution in [2.24, 2.45) is 5.92 Å². The van der Waals surface area contributed by atoms with E-state index in [0.717, 1.165) is 32.5 Å². The lowest BCUT2D eigenvalue weighted by Crippen LogP contribution is -2.37. The van der Waals surface area contributed by atoms with Crippen LogP contribution >= 0.6 is 0 Å². The summed E-state index contributed by atoms with van der Waals surface area (Å²) in [6.45, 7) is 5.96. The molecular formula is C12H23NO2. The van der Waals surface area contributed by atoms with Crippen molar-refractivity contribution in [1.82, 2.24) is 4.90 Å². The molecule has 1 atom stereocenters. The summed E-state index contributed by atoms with van der Waals surface area (Å²) in [5.41, 5.74) is 0. The molecule has 0 saturated carbocycles. The first kappa shape index (κ1) is 12.7. The summed E-state index contributed by atoms with van der Waals surface area (Å²) < 4.78 is 5.19. The Hall–Kier alpha value is -0.410. The molecule has 0 N–H and O–H groups in total. The number of rotatable bonds is 6. The molecule has 15 heavy (non-hydrogen) atoms. The highest BCUT2D eigenvalue weighted by Crippen LogP contribution is 2.16. The molecule has 0 bridgehead atoms. The maximum absolute atomic E-state index is 10.8. The van der Waals surface area contributed by atoms with Gasteiger partial charge in [-0.05, 0) is 45.2 Å². The third kappa shape index (κ3) is 5.28. The molecule has 3 heteroatoms. The number of piperidine rings is 1. The van der Waals surface area contributed by atoms with E-state index >= 15 is 0 Å². The molecule has 88 valence electrons. The second-order valence-electron chi connectivity index (χ2n) is 4.57. The molecule has 3 nitrogen and oxygen atoms in total. The van der Waals surface area contributed by atoms with Gasteiger partial charge < -0.3 is 14.4 Å². The number of carbonyl (C=O) groups is 1. The van der Waals surface area contributed by atoms with Gasteiger partial charge in [0.2, 0.25) is 0 Å². The third-order valence-corrected chi connectivity index (χ3v) is 3.01. The van der Waals surface area contributed by atoms with Crippen LogP contribution in [0.1, 0.15) is 32.6 Å². The van der Waals surface area contributed by atoms with E-state index in [1.54, 1.807) is 14.0 Å². The minimum Gasteiger partial charge on any atom is -0.384 e. The van der Waals surface area contributed by atoms with Crippen LogP contribution in [-0.4, -0.2) is 44.0 Å². The summed E-state index contributed by atoms with van der Waals surface area (Å²) in [7, 11) is 1.77. The number of likely N-dealkylation sites (tertiary alicyclic amines) is 1. The highest BCUT2D eigenvalue weighted by Gasteiger charge is 2.19. The van der Waals surface area contributed by atoms with Crippen molar-refractivity contribution in [3.05, 3.63) is 0 Å². The Balaban J connectivity index is 2.15. The van der Waals surface area contributed by atoms with Crippen molar-refractivity contribution in [3.8, 4) is 0 Å². The van der Waals surface area contributed by atoms with Crippen LogP contribution < -0.4 is 0 Å². The van der Waals surface area contributed by atoms with Crippen LogP contribution in [0.4, 0.5) is 0 Å². The molecule has 0 aromatic rings. The zero-order chi connectivity index (χ0) is 11.1. The zero-order valence-corrected chi connectivity index (χ0v) is 10.00. The number of ether oxygens (including phenoxy) is 1. The fraction of sp³-hybridized carbons (Fsp3) is 0.917. The van der Waals surface area contributed by atoms with E-state index in [9.17, 15) is 4.79 Å². The number of nitrogens with zero attached hydrogens (tertiary/aromatic N) is 1. The molecule has 1 rings (SSSR count). The number of methoxy groups -OCH3 is 1. The Morgan fingerprint density at radius 1 is 1.53 bits per heavy atom. The summed E-state index contributed by atoms with van der Waals surface area (Å²) in [6, 6.07) is 0. The Morgan fingerprint density at radius 3 is 3.00 bits per heavy atom. The number of hydrogen-bond acceptors (Lipinski definition) is 3. The summed E-state index contributed by atoms with van der Waals surface area (Å²) in [5, 5.41) is 0. The second kappa shape index (κ2) is 6.96. The number of ketones is 1. The van der Waals surface area contributed by atoms with E-state index in [1.807, 2.05) is 0 Å². The van der Waals surface area contributed by atoms with Crippen molar-refractivity contribution in [2.45, 2.75) is 32.6 Å². The van der Waals surface area contributed by atoms with Crippen LogP contribution in [-0.2, 0) is 9.53 Å². The first-order valence-corrected chi connectivity index (χ1v) is 5.93. The Labute approximate surface area is 92.8 Å². The predicted octanol–water partition coefficient (Wildman–Crippen LogP) is 1.71. The van der Waals surface area contributed by atoms with Crippen LogP contribution in [0.5, 0.6) is 0 Å². The molecule has 1 aliphatic heterocycles. The van der Waals surface area contributed by atoms with E-state index in [0.29, 0.717) is 11.7 Å². The van der Waals surface area contributed by atoms with Crippen molar-refractivity contribution < 1.29 is 9.53 Å². The normalized spacial score (nSPS) is 22.9. The lowest BCUT2D eigenvalue weighted by atomic mass is 9.99. The van der Waals surface area contributed by atoms with Gasteiger partial charge in [-0.1, -0.05) is 0 Å². The number of Topliss-reactive ketones (excluding diaryl/α,β-unsaturated/α-hetero) is 1. The first-order chi connectivity index (χ1) is 7.22. The Morgan fingerprint density at radius 2 is 2.33 bits per heavy atom. The molecule has 1 fully saturated rings. The largest absolute Gasteiger partial charge is 0.384 e. The van der Waals surface area contributed by atoms with Crippen LogP contribution in [0.15, 0.2) is 0 Å².